The molecule has 1 atom stereocenters. The zero-order chi connectivity index (χ0) is 17.7. The molecule has 1 heterocycles. The van der Waals surface area contributed by atoms with Gasteiger partial charge in [-0.05, 0) is 32.6 Å². The molecule has 2 aromatic rings. The Kier molecular flexibility index (Phi) is 5.64. The Morgan fingerprint density at radius 1 is 1.21 bits per heavy atom. The Hall–Kier alpha value is -2.74. The number of aromatic nitrogens is 2. The topological polar surface area (TPSA) is 116 Å². The van der Waals surface area contributed by atoms with Crippen molar-refractivity contribution in [1.29, 1.82) is 0 Å². The lowest BCUT2D eigenvalue weighted by molar-refractivity contribution is -0.139. The molecule has 0 amide bonds. The number of nitrogens with one attached hydrogen (secondary N) is 1. The Morgan fingerprint density at radius 3 is 2.54 bits per heavy atom. The molecule has 0 fully saturated rings. The summed E-state index contributed by atoms with van der Waals surface area (Å²) in [6.45, 7) is 0.506. The fourth-order valence-corrected chi connectivity index (χ4v) is 2.28. The summed E-state index contributed by atoms with van der Waals surface area (Å²) in [6.07, 6.45) is -0.274. The summed E-state index contributed by atoms with van der Waals surface area (Å²) in [6, 6.07) is 6.25. The van der Waals surface area contributed by atoms with Crippen molar-refractivity contribution in [3.8, 4) is 0 Å². The van der Waals surface area contributed by atoms with Crippen LogP contribution in [0.1, 0.15) is 18.7 Å². The predicted octanol–water partition coefficient (Wildman–Crippen LogP) is 1.42. The zero-order valence-corrected chi connectivity index (χ0v) is 13.6. The van der Waals surface area contributed by atoms with E-state index in [0.717, 1.165) is 0 Å². The van der Waals surface area contributed by atoms with Crippen molar-refractivity contribution in [2.45, 2.75) is 25.4 Å². The molecule has 0 bridgehead atoms. The zero-order valence-electron chi connectivity index (χ0n) is 13.6. The van der Waals surface area contributed by atoms with Crippen molar-refractivity contribution in [3.63, 3.8) is 0 Å². The van der Waals surface area contributed by atoms with E-state index < -0.39 is 18.0 Å². The van der Waals surface area contributed by atoms with Crippen molar-refractivity contribution >= 4 is 28.7 Å². The monoisotopic (exact) mass is 332 g/mol. The van der Waals surface area contributed by atoms with Crippen LogP contribution in [0.5, 0.6) is 0 Å². The minimum Gasteiger partial charge on any atom is -0.481 e. The third-order valence-corrected chi connectivity index (χ3v) is 3.36. The lowest BCUT2D eigenvalue weighted by atomic mass is 10.1. The molecule has 0 radical (unpaired) electrons. The molecule has 3 N–H and O–H groups in total. The highest BCUT2D eigenvalue weighted by molar-refractivity contribution is 5.91. The molecular weight excluding hydrogens is 312 g/mol. The molecule has 0 saturated carbocycles. The van der Waals surface area contributed by atoms with Crippen molar-refractivity contribution in [2.75, 3.05) is 19.4 Å². The fourth-order valence-electron chi connectivity index (χ4n) is 2.28. The number of carbonyl (C=O) groups is 2. The average Bonchev–Trinajstić information content (AvgIpc) is 2.50. The molecule has 2 rings (SSSR count). The maximum absolute atomic E-state index is 11.4. The first-order valence-electron chi connectivity index (χ1n) is 7.48. The summed E-state index contributed by atoms with van der Waals surface area (Å²) in [4.78, 5) is 32.9. The maximum Gasteiger partial charge on any atom is 0.326 e. The van der Waals surface area contributed by atoms with Gasteiger partial charge in [0, 0.05) is 11.8 Å². The van der Waals surface area contributed by atoms with E-state index in [2.05, 4.69) is 15.3 Å². The van der Waals surface area contributed by atoms with E-state index in [1.54, 1.807) is 6.07 Å². The number of hydrogen-bond acceptors (Lipinski definition) is 6. The normalized spacial score (nSPS) is 12.3. The van der Waals surface area contributed by atoms with E-state index in [1.807, 2.05) is 37.2 Å². The van der Waals surface area contributed by atoms with Gasteiger partial charge in [0.05, 0.1) is 12.1 Å². The Bertz CT molecular complexity index is 748. The van der Waals surface area contributed by atoms with Crippen LogP contribution in [0.4, 0.5) is 5.82 Å². The molecule has 8 nitrogen and oxygen atoms in total. The summed E-state index contributed by atoms with van der Waals surface area (Å²) in [5, 5.41) is 21.7. The van der Waals surface area contributed by atoms with E-state index in [4.69, 9.17) is 5.11 Å². The number of carboxylic acids is 2. The van der Waals surface area contributed by atoms with Crippen LogP contribution >= 0.6 is 0 Å². The summed E-state index contributed by atoms with van der Waals surface area (Å²) in [5.74, 6) is -1.20. The molecule has 1 aromatic heterocycles. The number of aliphatic carboxylic acids is 2. The Balaban J connectivity index is 2.37. The second-order valence-corrected chi connectivity index (χ2v) is 5.71. The van der Waals surface area contributed by atoms with Gasteiger partial charge in [-0.2, -0.15) is 0 Å². The summed E-state index contributed by atoms with van der Waals surface area (Å²) in [7, 11) is 3.77. The number of carboxylic acid groups (broad SMARTS) is 2. The molecule has 24 heavy (non-hydrogen) atoms. The van der Waals surface area contributed by atoms with Crippen molar-refractivity contribution in [3.05, 3.63) is 30.1 Å². The number of anilines is 1. The number of rotatable bonds is 8. The SMILES string of the molecule is CN(C)Cc1nc(NC(CCC(=O)O)C(=O)O)c2ccccc2n1. The fraction of sp³-hybridized carbons (Fsp3) is 0.375. The van der Waals surface area contributed by atoms with Gasteiger partial charge < -0.3 is 20.4 Å². The summed E-state index contributed by atoms with van der Waals surface area (Å²) < 4.78 is 0. The van der Waals surface area contributed by atoms with Crippen LogP contribution in [0.15, 0.2) is 24.3 Å². The third-order valence-electron chi connectivity index (χ3n) is 3.36. The molecular formula is C16H20N4O4. The molecule has 0 aliphatic heterocycles. The van der Waals surface area contributed by atoms with Crippen LogP contribution in [0.2, 0.25) is 0 Å². The minimum absolute atomic E-state index is 0.0357. The molecule has 0 aliphatic rings. The van der Waals surface area contributed by atoms with Gasteiger partial charge >= 0.3 is 11.9 Å². The molecule has 0 aliphatic carbocycles. The van der Waals surface area contributed by atoms with Crippen molar-refractivity contribution < 1.29 is 19.8 Å². The highest BCUT2D eigenvalue weighted by Gasteiger charge is 2.20. The van der Waals surface area contributed by atoms with E-state index in [0.29, 0.717) is 29.1 Å². The lowest BCUT2D eigenvalue weighted by Gasteiger charge is -2.17. The predicted molar refractivity (Wildman–Crippen MR) is 88.8 cm³/mol. The average molecular weight is 332 g/mol. The molecule has 1 unspecified atom stereocenters. The van der Waals surface area contributed by atoms with Crippen molar-refractivity contribution in [1.82, 2.24) is 14.9 Å². The lowest BCUT2D eigenvalue weighted by Crippen LogP contribution is -2.30. The first-order chi connectivity index (χ1) is 11.4. The largest absolute Gasteiger partial charge is 0.481 e. The highest BCUT2D eigenvalue weighted by atomic mass is 16.4. The number of para-hydroxylation sites is 1. The van der Waals surface area contributed by atoms with Gasteiger partial charge in [0.15, 0.2) is 0 Å². The van der Waals surface area contributed by atoms with Gasteiger partial charge in [-0.3, -0.25) is 4.79 Å². The van der Waals surface area contributed by atoms with Crippen LogP contribution in [-0.4, -0.2) is 57.2 Å². The Labute approximate surface area is 139 Å². The third kappa shape index (κ3) is 4.63. The molecule has 1 aromatic carbocycles. The van der Waals surface area contributed by atoms with Gasteiger partial charge in [0.2, 0.25) is 0 Å². The first kappa shape index (κ1) is 17.6. The van der Waals surface area contributed by atoms with E-state index in [1.165, 1.54) is 0 Å². The standard InChI is InChI=1S/C16H20N4O4/c1-20(2)9-13-17-11-6-4-3-5-10(11)15(19-13)18-12(16(23)24)7-8-14(21)22/h3-6,12H,7-9H2,1-2H3,(H,21,22)(H,23,24)(H,17,18,19). The number of hydrogen-bond donors (Lipinski definition) is 3. The second kappa shape index (κ2) is 7.69. The van der Waals surface area contributed by atoms with Gasteiger partial charge in [-0.25, -0.2) is 14.8 Å². The quantitative estimate of drug-likeness (QED) is 0.665. The van der Waals surface area contributed by atoms with Crippen LogP contribution in [0.25, 0.3) is 10.9 Å². The van der Waals surface area contributed by atoms with E-state index >= 15 is 0 Å². The van der Waals surface area contributed by atoms with Gasteiger partial charge in [-0.15, -0.1) is 0 Å². The molecule has 128 valence electrons. The summed E-state index contributed by atoms with van der Waals surface area (Å²) >= 11 is 0. The smallest absolute Gasteiger partial charge is 0.326 e. The maximum atomic E-state index is 11.4. The van der Waals surface area contributed by atoms with E-state index in [-0.39, 0.29) is 12.8 Å². The Morgan fingerprint density at radius 2 is 1.92 bits per heavy atom. The van der Waals surface area contributed by atoms with Crippen LogP contribution in [0, 0.1) is 0 Å². The number of fused-ring (bicyclic) bond motifs is 1. The van der Waals surface area contributed by atoms with Gasteiger partial charge in [0.25, 0.3) is 0 Å². The molecule has 0 saturated heterocycles. The second-order valence-electron chi connectivity index (χ2n) is 5.71. The van der Waals surface area contributed by atoms with Gasteiger partial charge in [-0.1, -0.05) is 12.1 Å². The van der Waals surface area contributed by atoms with Gasteiger partial charge in [0.1, 0.15) is 17.7 Å². The number of nitrogens with zero attached hydrogens (tertiary/aromatic N) is 3. The highest BCUT2D eigenvalue weighted by Crippen LogP contribution is 2.22. The molecule has 8 heteroatoms. The molecule has 0 spiro atoms. The summed E-state index contributed by atoms with van der Waals surface area (Å²) in [5.41, 5.74) is 0.703. The number of benzene rings is 1. The minimum atomic E-state index is -1.12. The van der Waals surface area contributed by atoms with Crippen LogP contribution in [0.3, 0.4) is 0 Å². The first-order valence-corrected chi connectivity index (χ1v) is 7.48. The van der Waals surface area contributed by atoms with E-state index in [9.17, 15) is 14.7 Å². The van der Waals surface area contributed by atoms with Crippen molar-refractivity contribution in [2.24, 2.45) is 0 Å². The van der Waals surface area contributed by atoms with Crippen LogP contribution in [-0.2, 0) is 16.1 Å². The van der Waals surface area contributed by atoms with Crippen LogP contribution < -0.4 is 5.32 Å².